The van der Waals surface area contributed by atoms with E-state index in [0.717, 1.165) is 11.3 Å². The molecule has 0 atom stereocenters. The fraction of sp³-hybridized carbons (Fsp3) is 0.167. The Morgan fingerprint density at radius 3 is 2.16 bits per heavy atom. The lowest BCUT2D eigenvalue weighted by atomic mass is 10.2. The van der Waals surface area contributed by atoms with Gasteiger partial charge in [0.05, 0.1) is 38.1 Å². The van der Waals surface area contributed by atoms with Gasteiger partial charge in [-0.05, 0) is 32.0 Å². The van der Waals surface area contributed by atoms with E-state index in [1.165, 1.54) is 35.2 Å². The predicted octanol–water partition coefficient (Wildman–Crippen LogP) is 5.08. The second-order valence-corrected chi connectivity index (χ2v) is 11.7. The number of nitrogens with two attached hydrogens (primary N) is 1. The largest absolute Gasteiger partial charge is 0.388 e. The normalized spacial score (nSPS) is 10.4. The molecule has 49 heavy (non-hydrogen) atoms. The maximum absolute atomic E-state index is 13.2. The molecule has 0 unspecified atom stereocenters. The molecular weight excluding hydrogens is 699 g/mol. The number of aromatic nitrogens is 3. The summed E-state index contributed by atoms with van der Waals surface area (Å²) in [6.45, 7) is 3.53. The highest BCUT2D eigenvalue weighted by Crippen LogP contribution is 2.33. The van der Waals surface area contributed by atoms with Crippen LogP contribution in [0.15, 0.2) is 48.9 Å². The summed E-state index contributed by atoms with van der Waals surface area (Å²) in [7, 11) is 1.63. The number of rotatable bonds is 11. The summed E-state index contributed by atoms with van der Waals surface area (Å²) in [5.41, 5.74) is 7.95. The van der Waals surface area contributed by atoms with Crippen molar-refractivity contribution in [2.24, 2.45) is 12.8 Å². The molecule has 0 aliphatic carbocycles. The molecule has 0 spiro atoms. The summed E-state index contributed by atoms with van der Waals surface area (Å²) < 4.78 is 2.13. The van der Waals surface area contributed by atoms with Gasteiger partial charge in [-0.25, -0.2) is 0 Å². The maximum Gasteiger partial charge on any atom is 0.278 e. The van der Waals surface area contributed by atoms with Gasteiger partial charge in [0.15, 0.2) is 0 Å². The van der Waals surface area contributed by atoms with Crippen LogP contribution in [-0.4, -0.2) is 55.5 Å². The molecule has 5 rings (SSSR count). The first kappa shape index (κ1) is 37.8. The molecule has 4 amide bonds. The van der Waals surface area contributed by atoms with Crippen molar-refractivity contribution in [3.63, 3.8) is 0 Å². The quantitative estimate of drug-likeness (QED) is 0.0396. The Morgan fingerprint density at radius 1 is 0.939 bits per heavy atom. The number of fused-ring (bicyclic) bond motifs is 1. The lowest BCUT2D eigenvalue weighted by molar-refractivity contribution is -0.383. The van der Waals surface area contributed by atoms with Crippen molar-refractivity contribution < 1.29 is 24.1 Å². The van der Waals surface area contributed by atoms with Crippen LogP contribution in [0.5, 0.6) is 0 Å². The zero-order chi connectivity index (χ0) is 34.0. The number of thiophene rings is 1. The number of carbonyl (C=O) groups excluding carboxylic acids is 4. The monoisotopic (exact) mass is 730 g/mol. The Labute approximate surface area is 294 Å². The number of hydrogen-bond acceptors (Lipinski definition) is 8. The van der Waals surface area contributed by atoms with E-state index < -0.39 is 28.6 Å². The molecule has 0 saturated carbocycles. The van der Waals surface area contributed by atoms with Gasteiger partial charge in [-0.15, -0.1) is 36.2 Å². The van der Waals surface area contributed by atoms with Crippen LogP contribution in [0.3, 0.4) is 0 Å². The molecule has 19 heteroatoms. The average molecular weight is 732 g/mol. The van der Waals surface area contributed by atoms with Crippen molar-refractivity contribution in [3.8, 4) is 0 Å². The predicted molar refractivity (Wildman–Crippen MR) is 192 cm³/mol. The van der Waals surface area contributed by atoms with Crippen LogP contribution in [-0.2, 0) is 7.05 Å². The number of anilines is 3. The SMILES string of the molecule is Cc1c(NC(=O)c2[nH]cc(NC(=O)c3cc(NC(=O)c4cc5c([N+](=O)[O-])cccc5s4)cn3C)c2C)c[nH]c1C(=O)NCCC(=N)N.Cl.Cl. The number of halogens is 2. The van der Waals surface area contributed by atoms with E-state index in [2.05, 4.69) is 31.2 Å². The van der Waals surface area contributed by atoms with Crippen LogP contribution >= 0.6 is 36.2 Å². The number of non-ortho nitro benzene ring substituents is 1. The Kier molecular flexibility index (Phi) is 12.0. The molecule has 4 aromatic heterocycles. The number of H-pyrrole nitrogens is 2. The summed E-state index contributed by atoms with van der Waals surface area (Å²) in [5.74, 6) is -1.92. The van der Waals surface area contributed by atoms with E-state index in [-0.39, 0.29) is 71.3 Å². The van der Waals surface area contributed by atoms with E-state index in [9.17, 15) is 29.3 Å². The Hall–Kier alpha value is -5.65. The topological polar surface area (TPSA) is 246 Å². The van der Waals surface area contributed by atoms with Gasteiger partial charge in [0.25, 0.3) is 29.3 Å². The van der Waals surface area contributed by atoms with Crippen molar-refractivity contribution in [1.82, 2.24) is 19.9 Å². The minimum Gasteiger partial charge on any atom is -0.388 e. The zero-order valence-electron chi connectivity index (χ0n) is 26.2. The number of nitro groups is 1. The number of aromatic amines is 2. The summed E-state index contributed by atoms with van der Waals surface area (Å²) in [6.07, 6.45) is 4.74. The second-order valence-electron chi connectivity index (χ2n) is 10.6. The minimum absolute atomic E-state index is 0. The molecule has 9 N–H and O–H groups in total. The molecule has 0 fully saturated rings. The first-order chi connectivity index (χ1) is 22.3. The van der Waals surface area contributed by atoms with Crippen molar-refractivity contribution in [3.05, 3.63) is 92.1 Å². The van der Waals surface area contributed by atoms with Gasteiger partial charge in [-0.3, -0.25) is 34.7 Å². The van der Waals surface area contributed by atoms with Crippen molar-refractivity contribution >= 4 is 98.5 Å². The molecule has 5 aromatic rings. The highest BCUT2D eigenvalue weighted by Gasteiger charge is 2.22. The van der Waals surface area contributed by atoms with E-state index in [4.69, 9.17) is 11.1 Å². The highest BCUT2D eigenvalue weighted by molar-refractivity contribution is 7.21. The van der Waals surface area contributed by atoms with E-state index in [1.54, 1.807) is 39.2 Å². The third-order valence-corrected chi connectivity index (χ3v) is 8.46. The Balaban J connectivity index is 0.00000325. The van der Waals surface area contributed by atoms with Crippen molar-refractivity contribution in [1.29, 1.82) is 5.41 Å². The number of hydrogen-bond donors (Lipinski definition) is 8. The van der Waals surface area contributed by atoms with Crippen LogP contribution in [0.25, 0.3) is 10.1 Å². The van der Waals surface area contributed by atoms with Crippen LogP contribution in [0.1, 0.15) is 58.7 Å². The highest BCUT2D eigenvalue weighted by atomic mass is 35.5. The molecule has 0 radical (unpaired) electrons. The molecule has 0 aliphatic heterocycles. The van der Waals surface area contributed by atoms with E-state index >= 15 is 0 Å². The molecular formula is C30H32Cl2N10O6S. The maximum atomic E-state index is 13.2. The lowest BCUT2D eigenvalue weighted by Gasteiger charge is -2.07. The molecule has 0 saturated heterocycles. The number of nitrogens with zero attached hydrogens (tertiary/aromatic N) is 2. The summed E-state index contributed by atoms with van der Waals surface area (Å²) >= 11 is 1.12. The van der Waals surface area contributed by atoms with Gasteiger partial charge in [0.2, 0.25) is 0 Å². The van der Waals surface area contributed by atoms with Gasteiger partial charge in [0.1, 0.15) is 17.1 Å². The van der Waals surface area contributed by atoms with Gasteiger partial charge in [-0.2, -0.15) is 0 Å². The van der Waals surface area contributed by atoms with E-state index in [0.29, 0.717) is 38.3 Å². The van der Waals surface area contributed by atoms with Gasteiger partial charge in [-0.1, -0.05) is 6.07 Å². The Bertz CT molecular complexity index is 2100. The number of benzene rings is 1. The summed E-state index contributed by atoms with van der Waals surface area (Å²) in [4.78, 5) is 68.5. The van der Waals surface area contributed by atoms with Crippen LogP contribution in [0.2, 0.25) is 0 Å². The molecule has 0 bridgehead atoms. The number of amides is 4. The number of carbonyl (C=O) groups is 4. The second kappa shape index (κ2) is 15.5. The number of nitrogens with one attached hydrogen (secondary N) is 7. The molecule has 258 valence electrons. The van der Waals surface area contributed by atoms with Gasteiger partial charge in [0, 0.05) is 60.5 Å². The number of nitro benzene ring substituents is 1. The van der Waals surface area contributed by atoms with Gasteiger partial charge >= 0.3 is 0 Å². The van der Waals surface area contributed by atoms with E-state index in [1.807, 2.05) is 0 Å². The molecule has 4 heterocycles. The first-order valence-corrected chi connectivity index (χ1v) is 14.9. The first-order valence-electron chi connectivity index (χ1n) is 14.1. The fourth-order valence-corrected chi connectivity index (χ4v) is 5.84. The average Bonchev–Trinajstić information content (AvgIpc) is 3.79. The van der Waals surface area contributed by atoms with Crippen LogP contribution < -0.4 is 27.0 Å². The summed E-state index contributed by atoms with van der Waals surface area (Å²) in [5, 5.41) is 29.9. The van der Waals surface area contributed by atoms with Crippen molar-refractivity contribution in [2.45, 2.75) is 20.3 Å². The fourth-order valence-electron chi connectivity index (χ4n) is 4.86. The number of amidine groups is 1. The zero-order valence-corrected chi connectivity index (χ0v) is 28.6. The van der Waals surface area contributed by atoms with Crippen LogP contribution in [0.4, 0.5) is 22.7 Å². The smallest absolute Gasteiger partial charge is 0.278 e. The third kappa shape index (κ3) is 8.08. The third-order valence-electron chi connectivity index (χ3n) is 7.36. The minimum atomic E-state index is -0.499. The number of aryl methyl sites for hydroxylation is 1. The standard InChI is InChI=1S/C30H30N10O6S.2ClH/c1-14-19(12-34-25(14)29(43)33-8-7-24(31)32)38-30(44)26-15(2)18(11-35-26)37-27(41)21-9-16(13-39(21)3)36-28(42)23-10-17-20(40(45)46)5-4-6-22(17)47-23;;/h4-6,9-13,34-35H,7-8H2,1-3H3,(H3,31,32)(H,33,43)(H,36,42)(H,37,41)(H,38,44);2*1H. The molecule has 16 nitrogen and oxygen atoms in total. The lowest BCUT2D eigenvalue weighted by Crippen LogP contribution is -2.28. The molecule has 0 aliphatic rings. The van der Waals surface area contributed by atoms with Gasteiger partial charge < -0.3 is 41.5 Å². The Morgan fingerprint density at radius 2 is 1.55 bits per heavy atom. The van der Waals surface area contributed by atoms with Crippen LogP contribution in [0, 0.1) is 29.4 Å². The summed E-state index contributed by atoms with van der Waals surface area (Å²) in [6, 6.07) is 7.60. The molecule has 1 aromatic carbocycles. The van der Waals surface area contributed by atoms with Crippen molar-refractivity contribution in [2.75, 3.05) is 22.5 Å².